The zero-order chi connectivity index (χ0) is 12.9. The Hall–Kier alpha value is -0.930. The molecule has 0 radical (unpaired) electrons. The summed E-state index contributed by atoms with van der Waals surface area (Å²) >= 11 is 0. The molecule has 0 amide bonds. The molecule has 1 rings (SSSR count). The van der Waals surface area contributed by atoms with Crippen molar-refractivity contribution in [2.45, 2.75) is 20.3 Å². The highest BCUT2D eigenvalue weighted by Gasteiger charge is 2.17. The SMILES string of the molecule is CN(CCc1ccc(F)cc1)CC(C)(C)CN. The van der Waals surface area contributed by atoms with E-state index in [1.807, 2.05) is 12.1 Å². The van der Waals surface area contributed by atoms with E-state index in [1.54, 1.807) is 0 Å². The first-order valence-corrected chi connectivity index (χ1v) is 6.06. The standard InChI is InChI=1S/C14H23FN2/c1-14(2,10-16)11-17(3)9-8-12-4-6-13(15)7-5-12/h4-7H,8-11,16H2,1-3H3. The van der Waals surface area contributed by atoms with E-state index in [2.05, 4.69) is 25.8 Å². The van der Waals surface area contributed by atoms with Crippen molar-refractivity contribution in [3.05, 3.63) is 35.6 Å². The number of rotatable bonds is 6. The van der Waals surface area contributed by atoms with Gasteiger partial charge in [-0.2, -0.15) is 0 Å². The van der Waals surface area contributed by atoms with Crippen LogP contribution in [0.3, 0.4) is 0 Å². The van der Waals surface area contributed by atoms with Gasteiger partial charge in [0.2, 0.25) is 0 Å². The van der Waals surface area contributed by atoms with Crippen LogP contribution in [0.1, 0.15) is 19.4 Å². The van der Waals surface area contributed by atoms with Gasteiger partial charge in [0.15, 0.2) is 0 Å². The smallest absolute Gasteiger partial charge is 0.123 e. The van der Waals surface area contributed by atoms with Crippen LogP contribution in [0.15, 0.2) is 24.3 Å². The van der Waals surface area contributed by atoms with Crippen LogP contribution >= 0.6 is 0 Å². The summed E-state index contributed by atoms with van der Waals surface area (Å²) in [6.45, 7) is 6.97. The minimum Gasteiger partial charge on any atom is -0.330 e. The lowest BCUT2D eigenvalue weighted by Crippen LogP contribution is -2.37. The van der Waals surface area contributed by atoms with Crippen LogP contribution in [-0.4, -0.2) is 31.6 Å². The van der Waals surface area contributed by atoms with Crippen molar-refractivity contribution in [3.8, 4) is 0 Å². The van der Waals surface area contributed by atoms with E-state index >= 15 is 0 Å². The Morgan fingerprint density at radius 3 is 2.35 bits per heavy atom. The highest BCUT2D eigenvalue weighted by molar-refractivity contribution is 5.16. The van der Waals surface area contributed by atoms with Crippen molar-refractivity contribution in [1.29, 1.82) is 0 Å². The molecule has 0 aliphatic carbocycles. The zero-order valence-electron chi connectivity index (χ0n) is 11.0. The summed E-state index contributed by atoms with van der Waals surface area (Å²) < 4.78 is 12.7. The third-order valence-electron chi connectivity index (χ3n) is 2.95. The lowest BCUT2D eigenvalue weighted by molar-refractivity contribution is 0.218. The van der Waals surface area contributed by atoms with Gasteiger partial charge in [-0.05, 0) is 43.1 Å². The Morgan fingerprint density at radius 1 is 1.24 bits per heavy atom. The van der Waals surface area contributed by atoms with Gasteiger partial charge in [-0.15, -0.1) is 0 Å². The van der Waals surface area contributed by atoms with Crippen molar-refractivity contribution in [2.24, 2.45) is 11.1 Å². The maximum absolute atomic E-state index is 12.7. The van der Waals surface area contributed by atoms with Gasteiger partial charge in [0.1, 0.15) is 5.82 Å². The monoisotopic (exact) mass is 238 g/mol. The first-order chi connectivity index (χ1) is 7.93. The second-order valence-electron chi connectivity index (χ2n) is 5.48. The molecular weight excluding hydrogens is 215 g/mol. The summed E-state index contributed by atoms with van der Waals surface area (Å²) in [5, 5.41) is 0. The lowest BCUT2D eigenvalue weighted by Gasteiger charge is -2.28. The number of halogens is 1. The van der Waals surface area contributed by atoms with Crippen molar-refractivity contribution in [3.63, 3.8) is 0 Å². The van der Waals surface area contributed by atoms with E-state index in [4.69, 9.17) is 5.73 Å². The molecule has 2 nitrogen and oxygen atoms in total. The van der Waals surface area contributed by atoms with Gasteiger partial charge < -0.3 is 10.6 Å². The van der Waals surface area contributed by atoms with E-state index in [0.717, 1.165) is 19.5 Å². The number of likely N-dealkylation sites (N-methyl/N-ethyl adjacent to an activating group) is 1. The van der Waals surface area contributed by atoms with Gasteiger partial charge in [0.25, 0.3) is 0 Å². The molecule has 0 heterocycles. The third-order valence-corrected chi connectivity index (χ3v) is 2.95. The van der Waals surface area contributed by atoms with Crippen LogP contribution in [0, 0.1) is 11.2 Å². The van der Waals surface area contributed by atoms with Crippen molar-refractivity contribution >= 4 is 0 Å². The molecule has 0 saturated carbocycles. The fourth-order valence-electron chi connectivity index (χ4n) is 1.85. The van der Waals surface area contributed by atoms with Gasteiger partial charge >= 0.3 is 0 Å². The van der Waals surface area contributed by atoms with Crippen LogP contribution in [0.2, 0.25) is 0 Å². The molecule has 0 unspecified atom stereocenters. The highest BCUT2D eigenvalue weighted by Crippen LogP contribution is 2.14. The number of hydrogen-bond donors (Lipinski definition) is 1. The Kier molecular flexibility index (Phi) is 5.09. The molecule has 0 spiro atoms. The summed E-state index contributed by atoms with van der Waals surface area (Å²) in [4.78, 5) is 2.27. The van der Waals surface area contributed by atoms with E-state index in [9.17, 15) is 4.39 Å². The summed E-state index contributed by atoms with van der Waals surface area (Å²) in [7, 11) is 2.10. The predicted molar refractivity (Wildman–Crippen MR) is 70.4 cm³/mol. The molecular formula is C14H23FN2. The van der Waals surface area contributed by atoms with E-state index in [0.29, 0.717) is 6.54 Å². The fourth-order valence-corrected chi connectivity index (χ4v) is 1.85. The largest absolute Gasteiger partial charge is 0.330 e. The van der Waals surface area contributed by atoms with Crippen molar-refractivity contribution in [2.75, 3.05) is 26.7 Å². The lowest BCUT2D eigenvalue weighted by atomic mass is 9.93. The second-order valence-corrected chi connectivity index (χ2v) is 5.48. The minimum atomic E-state index is -0.175. The van der Waals surface area contributed by atoms with E-state index in [1.165, 1.54) is 17.7 Å². The van der Waals surface area contributed by atoms with Gasteiger partial charge in [0, 0.05) is 13.1 Å². The molecule has 1 aromatic carbocycles. The molecule has 0 saturated heterocycles. The van der Waals surface area contributed by atoms with Crippen LogP contribution < -0.4 is 5.73 Å². The molecule has 1 aromatic rings. The maximum Gasteiger partial charge on any atom is 0.123 e. The molecule has 96 valence electrons. The normalized spacial score (nSPS) is 12.1. The fraction of sp³-hybridized carbons (Fsp3) is 0.571. The second kappa shape index (κ2) is 6.12. The minimum absolute atomic E-state index is 0.150. The third kappa shape index (κ3) is 5.29. The van der Waals surface area contributed by atoms with Crippen LogP contribution in [0.25, 0.3) is 0 Å². The molecule has 2 N–H and O–H groups in total. The summed E-state index contributed by atoms with van der Waals surface area (Å²) in [6.07, 6.45) is 0.942. The number of nitrogens with zero attached hydrogens (tertiary/aromatic N) is 1. The van der Waals surface area contributed by atoms with Crippen LogP contribution in [-0.2, 0) is 6.42 Å². The number of nitrogens with two attached hydrogens (primary N) is 1. The Bertz CT molecular complexity index is 333. The molecule has 0 atom stereocenters. The van der Waals surface area contributed by atoms with Crippen molar-refractivity contribution < 1.29 is 4.39 Å². The molecule has 0 aliphatic rings. The summed E-state index contributed by atoms with van der Waals surface area (Å²) in [5.74, 6) is -0.175. The molecule has 17 heavy (non-hydrogen) atoms. The average Bonchev–Trinajstić information content (AvgIpc) is 2.28. The van der Waals surface area contributed by atoms with Crippen LogP contribution in [0.4, 0.5) is 4.39 Å². The number of hydrogen-bond acceptors (Lipinski definition) is 2. The Balaban J connectivity index is 2.38. The molecule has 0 bridgehead atoms. The molecule has 3 heteroatoms. The average molecular weight is 238 g/mol. The van der Waals surface area contributed by atoms with E-state index in [-0.39, 0.29) is 11.2 Å². The van der Waals surface area contributed by atoms with Crippen LogP contribution in [0.5, 0.6) is 0 Å². The molecule has 0 aliphatic heterocycles. The summed E-state index contributed by atoms with van der Waals surface area (Å²) in [6, 6.07) is 6.72. The van der Waals surface area contributed by atoms with Gasteiger partial charge in [-0.25, -0.2) is 4.39 Å². The Labute approximate surface area is 104 Å². The number of benzene rings is 1. The quantitative estimate of drug-likeness (QED) is 0.824. The highest BCUT2D eigenvalue weighted by atomic mass is 19.1. The summed E-state index contributed by atoms with van der Waals surface area (Å²) in [5.41, 5.74) is 7.03. The zero-order valence-corrected chi connectivity index (χ0v) is 11.0. The van der Waals surface area contributed by atoms with Gasteiger partial charge in [-0.3, -0.25) is 0 Å². The van der Waals surface area contributed by atoms with Crippen molar-refractivity contribution in [1.82, 2.24) is 4.90 Å². The van der Waals surface area contributed by atoms with Gasteiger partial charge in [0.05, 0.1) is 0 Å². The molecule has 0 aromatic heterocycles. The maximum atomic E-state index is 12.7. The van der Waals surface area contributed by atoms with Gasteiger partial charge in [-0.1, -0.05) is 26.0 Å². The topological polar surface area (TPSA) is 29.3 Å². The first kappa shape index (κ1) is 14.1. The Morgan fingerprint density at radius 2 is 1.82 bits per heavy atom. The predicted octanol–water partition coefficient (Wildman–Crippen LogP) is 2.28. The van der Waals surface area contributed by atoms with E-state index < -0.39 is 0 Å². The first-order valence-electron chi connectivity index (χ1n) is 6.06. The molecule has 0 fully saturated rings.